The molecule has 0 aliphatic carbocycles. The van der Waals surface area contributed by atoms with Crippen molar-refractivity contribution in [3.05, 3.63) is 54.2 Å². The van der Waals surface area contributed by atoms with Crippen LogP contribution in [0.3, 0.4) is 0 Å². The maximum atomic E-state index is 13.8. The van der Waals surface area contributed by atoms with Gasteiger partial charge in [-0.05, 0) is 18.2 Å². The van der Waals surface area contributed by atoms with Gasteiger partial charge >= 0.3 is 0 Å². The molecule has 0 saturated heterocycles. The molecule has 0 saturated carbocycles. The minimum Gasteiger partial charge on any atom is -0.367 e. The monoisotopic (exact) mass is 264 g/mol. The topological polar surface area (TPSA) is 41.8 Å². The number of nitrogens with zero attached hydrogens (tertiary/aromatic N) is 1. The molecule has 2 aromatic heterocycles. The first-order valence-electron chi connectivity index (χ1n) is 5.40. The average molecular weight is 264 g/mol. The lowest BCUT2D eigenvalue weighted by atomic mass is 10.0. The summed E-state index contributed by atoms with van der Waals surface area (Å²) in [4.78, 5) is 2.79. The number of aromatic nitrogens is 2. The van der Waals surface area contributed by atoms with E-state index in [1.807, 2.05) is 0 Å². The Morgan fingerprint density at radius 3 is 2.58 bits per heavy atom. The van der Waals surface area contributed by atoms with Gasteiger partial charge < -0.3 is 9.51 Å². The second kappa shape index (κ2) is 4.31. The molecular formula is C13H7F3N2O. The normalized spacial score (nSPS) is 10.9. The second-order valence-corrected chi connectivity index (χ2v) is 3.89. The zero-order chi connectivity index (χ0) is 13.4. The van der Waals surface area contributed by atoms with E-state index < -0.39 is 23.0 Å². The number of H-pyrrole nitrogens is 1. The van der Waals surface area contributed by atoms with Crippen LogP contribution >= 0.6 is 0 Å². The van der Waals surface area contributed by atoms with Crippen molar-refractivity contribution in [2.75, 3.05) is 0 Å². The van der Waals surface area contributed by atoms with Crippen LogP contribution in [-0.4, -0.2) is 10.1 Å². The van der Waals surface area contributed by atoms with Gasteiger partial charge in [-0.1, -0.05) is 5.16 Å². The number of hydrogen-bond donors (Lipinski definition) is 1. The lowest BCUT2D eigenvalue weighted by molar-refractivity contribution is 0.432. The Balaban J connectivity index is 2.25. The molecule has 3 aromatic rings. The Labute approximate surface area is 105 Å². The molecule has 96 valence electrons. The van der Waals surface area contributed by atoms with E-state index in [1.165, 1.54) is 0 Å². The minimum absolute atomic E-state index is 0.0640. The summed E-state index contributed by atoms with van der Waals surface area (Å²) in [6, 6.07) is 3.25. The first kappa shape index (κ1) is 11.6. The summed E-state index contributed by atoms with van der Waals surface area (Å²) in [5, 5.41) is 3.52. The lowest BCUT2D eigenvalue weighted by Crippen LogP contribution is -1.94. The molecule has 0 bridgehead atoms. The van der Waals surface area contributed by atoms with Gasteiger partial charge in [0.05, 0.1) is 17.3 Å². The van der Waals surface area contributed by atoms with Gasteiger partial charge in [0.1, 0.15) is 5.82 Å². The third kappa shape index (κ3) is 1.81. The Kier molecular flexibility index (Phi) is 2.63. The molecule has 0 radical (unpaired) electrons. The molecular weight excluding hydrogens is 257 g/mol. The fraction of sp³-hybridized carbons (Fsp3) is 0. The van der Waals surface area contributed by atoms with E-state index in [0.29, 0.717) is 5.56 Å². The predicted octanol–water partition coefficient (Wildman–Crippen LogP) is 3.75. The number of nitrogens with one attached hydrogen (secondary N) is 1. The molecule has 1 N–H and O–H groups in total. The summed E-state index contributed by atoms with van der Waals surface area (Å²) in [6.07, 6.45) is 4.36. The van der Waals surface area contributed by atoms with E-state index in [-0.39, 0.29) is 11.3 Å². The summed E-state index contributed by atoms with van der Waals surface area (Å²) in [5.74, 6) is -3.10. The summed E-state index contributed by atoms with van der Waals surface area (Å²) < 4.78 is 45.7. The first-order chi connectivity index (χ1) is 9.18. The van der Waals surface area contributed by atoms with Crippen molar-refractivity contribution >= 4 is 0 Å². The van der Waals surface area contributed by atoms with E-state index in [9.17, 15) is 13.2 Å². The Morgan fingerprint density at radius 1 is 1.05 bits per heavy atom. The van der Waals surface area contributed by atoms with Crippen LogP contribution in [0.4, 0.5) is 13.2 Å². The minimum atomic E-state index is -1.26. The number of benzene rings is 1. The maximum absolute atomic E-state index is 13.8. The highest BCUT2D eigenvalue weighted by molar-refractivity contribution is 5.79. The Hall–Kier alpha value is -2.50. The van der Waals surface area contributed by atoms with Gasteiger partial charge in [-0.15, -0.1) is 0 Å². The van der Waals surface area contributed by atoms with Gasteiger partial charge in [-0.25, -0.2) is 13.2 Å². The van der Waals surface area contributed by atoms with Crippen molar-refractivity contribution in [2.45, 2.75) is 0 Å². The summed E-state index contributed by atoms with van der Waals surface area (Å²) in [6.45, 7) is 0. The second-order valence-electron chi connectivity index (χ2n) is 3.89. The third-order valence-electron chi connectivity index (χ3n) is 2.74. The van der Waals surface area contributed by atoms with Crippen LogP contribution in [0.5, 0.6) is 0 Å². The number of hydrogen-bond acceptors (Lipinski definition) is 2. The highest BCUT2D eigenvalue weighted by atomic mass is 19.2. The molecule has 6 heteroatoms. The van der Waals surface area contributed by atoms with Crippen LogP contribution in [-0.2, 0) is 0 Å². The van der Waals surface area contributed by atoms with Gasteiger partial charge in [-0.3, -0.25) is 0 Å². The number of aromatic amines is 1. The van der Waals surface area contributed by atoms with Crippen molar-refractivity contribution < 1.29 is 17.7 Å². The van der Waals surface area contributed by atoms with Crippen molar-refractivity contribution in [3.63, 3.8) is 0 Å². The molecule has 3 nitrogen and oxygen atoms in total. The fourth-order valence-corrected chi connectivity index (χ4v) is 1.86. The van der Waals surface area contributed by atoms with Crippen LogP contribution in [0.15, 0.2) is 41.3 Å². The molecule has 2 heterocycles. The summed E-state index contributed by atoms with van der Waals surface area (Å²) in [5.41, 5.74) is 0.141. The van der Waals surface area contributed by atoms with E-state index in [0.717, 1.165) is 18.3 Å². The molecule has 0 unspecified atom stereocenters. The van der Waals surface area contributed by atoms with Crippen LogP contribution in [0.25, 0.3) is 22.5 Å². The van der Waals surface area contributed by atoms with Gasteiger partial charge in [0.25, 0.3) is 0 Å². The average Bonchev–Trinajstić information content (AvgIpc) is 3.04. The Morgan fingerprint density at radius 2 is 1.84 bits per heavy atom. The molecule has 1 aromatic carbocycles. The largest absolute Gasteiger partial charge is 0.367 e. The SMILES string of the molecule is Fc1ccc(F)c(-c2cnoc2-c2cc[nH]c2)c1F. The third-order valence-corrected chi connectivity index (χ3v) is 2.74. The van der Waals surface area contributed by atoms with Crippen LogP contribution < -0.4 is 0 Å². The molecule has 19 heavy (non-hydrogen) atoms. The van der Waals surface area contributed by atoms with Crippen molar-refractivity contribution in [2.24, 2.45) is 0 Å². The maximum Gasteiger partial charge on any atom is 0.176 e. The van der Waals surface area contributed by atoms with Crippen molar-refractivity contribution in [3.8, 4) is 22.5 Å². The van der Waals surface area contributed by atoms with Crippen LogP contribution in [0.1, 0.15) is 0 Å². The molecule has 0 aliphatic heterocycles. The fourth-order valence-electron chi connectivity index (χ4n) is 1.86. The quantitative estimate of drug-likeness (QED) is 0.716. The first-order valence-corrected chi connectivity index (χ1v) is 5.40. The molecule has 0 fully saturated rings. The summed E-state index contributed by atoms with van der Waals surface area (Å²) in [7, 11) is 0. The number of halogens is 3. The zero-order valence-corrected chi connectivity index (χ0v) is 9.45. The highest BCUT2D eigenvalue weighted by Crippen LogP contribution is 2.35. The molecule has 0 spiro atoms. The van der Waals surface area contributed by atoms with Gasteiger partial charge in [0.15, 0.2) is 17.4 Å². The Bertz CT molecular complexity index is 720. The van der Waals surface area contributed by atoms with Gasteiger partial charge in [0, 0.05) is 18.0 Å². The summed E-state index contributed by atoms with van der Waals surface area (Å²) >= 11 is 0. The molecule has 0 amide bonds. The zero-order valence-electron chi connectivity index (χ0n) is 9.45. The molecule has 0 atom stereocenters. The van der Waals surface area contributed by atoms with Gasteiger partial charge in [0.2, 0.25) is 0 Å². The van der Waals surface area contributed by atoms with E-state index in [2.05, 4.69) is 10.1 Å². The standard InChI is InChI=1S/C13H7F3N2O/c14-9-1-2-10(15)12(16)11(9)8-6-18-19-13(8)7-3-4-17-5-7/h1-6,17H. The van der Waals surface area contributed by atoms with E-state index in [1.54, 1.807) is 18.5 Å². The van der Waals surface area contributed by atoms with Gasteiger partial charge in [-0.2, -0.15) is 0 Å². The molecule has 0 aliphatic rings. The number of rotatable bonds is 2. The van der Waals surface area contributed by atoms with E-state index >= 15 is 0 Å². The molecule has 3 rings (SSSR count). The smallest absolute Gasteiger partial charge is 0.176 e. The van der Waals surface area contributed by atoms with Crippen LogP contribution in [0.2, 0.25) is 0 Å². The van der Waals surface area contributed by atoms with Crippen LogP contribution in [0, 0.1) is 17.5 Å². The highest BCUT2D eigenvalue weighted by Gasteiger charge is 2.22. The predicted molar refractivity (Wildman–Crippen MR) is 61.6 cm³/mol. The lowest BCUT2D eigenvalue weighted by Gasteiger charge is -2.04. The van der Waals surface area contributed by atoms with E-state index in [4.69, 9.17) is 4.52 Å². The van der Waals surface area contributed by atoms with Crippen molar-refractivity contribution in [1.82, 2.24) is 10.1 Å². The van der Waals surface area contributed by atoms with Crippen molar-refractivity contribution in [1.29, 1.82) is 0 Å².